The Balaban J connectivity index is 1.77. The van der Waals surface area contributed by atoms with Gasteiger partial charge < -0.3 is 5.32 Å². The highest BCUT2D eigenvalue weighted by Gasteiger charge is 2.19. The second-order valence-corrected chi connectivity index (χ2v) is 7.12. The van der Waals surface area contributed by atoms with Crippen LogP contribution in [0.2, 0.25) is 0 Å². The summed E-state index contributed by atoms with van der Waals surface area (Å²) in [4.78, 5) is 9.80. The number of piperazine rings is 1. The third-order valence-electron chi connectivity index (χ3n) is 3.78. The molecule has 1 fully saturated rings. The molecule has 0 saturated carbocycles. The maximum absolute atomic E-state index is 4.73. The summed E-state index contributed by atoms with van der Waals surface area (Å²) in [5.74, 6) is 0. The van der Waals surface area contributed by atoms with E-state index >= 15 is 0 Å². The number of hydrogen-bond donors (Lipinski definition) is 1. The monoisotopic (exact) mass is 296 g/mol. The predicted molar refractivity (Wildman–Crippen MR) is 86.1 cm³/mol. The lowest BCUT2D eigenvalue weighted by Gasteiger charge is -2.36. The summed E-state index contributed by atoms with van der Waals surface area (Å²) in [5, 5.41) is 6.84. The van der Waals surface area contributed by atoms with E-state index < -0.39 is 0 Å². The Bertz CT molecular complexity index is 394. The van der Waals surface area contributed by atoms with Gasteiger partial charge in [-0.3, -0.25) is 9.80 Å². The Labute approximate surface area is 127 Å². The summed E-state index contributed by atoms with van der Waals surface area (Å²) in [5.41, 5.74) is 1.23. The lowest BCUT2D eigenvalue weighted by molar-refractivity contribution is 0.103. The van der Waals surface area contributed by atoms with Crippen molar-refractivity contribution in [2.24, 2.45) is 0 Å². The zero-order valence-electron chi connectivity index (χ0n) is 13.2. The Morgan fingerprint density at radius 1 is 1.20 bits per heavy atom. The van der Waals surface area contributed by atoms with E-state index in [0.29, 0.717) is 12.1 Å². The highest BCUT2D eigenvalue weighted by molar-refractivity contribution is 7.09. The molecule has 0 spiro atoms. The standard InChI is InChI=1S/C15H28N4S/c1-12(2)16-9-15-17-14(11-20-15)10-18-5-7-19(8-6-18)13(3)4/h11-13,16H,5-10H2,1-4H3. The molecule has 0 amide bonds. The van der Waals surface area contributed by atoms with E-state index in [1.54, 1.807) is 11.3 Å². The molecular weight excluding hydrogens is 268 g/mol. The van der Waals surface area contributed by atoms with Crippen LogP contribution in [0.15, 0.2) is 5.38 Å². The van der Waals surface area contributed by atoms with Crippen LogP contribution in [0, 0.1) is 0 Å². The number of thiazole rings is 1. The molecule has 1 aliphatic heterocycles. The van der Waals surface area contributed by atoms with Crippen LogP contribution in [0.25, 0.3) is 0 Å². The third-order valence-corrected chi connectivity index (χ3v) is 4.68. The maximum Gasteiger partial charge on any atom is 0.107 e. The Hall–Kier alpha value is -0.490. The smallest absolute Gasteiger partial charge is 0.107 e. The molecule has 0 aromatic carbocycles. The molecule has 1 N–H and O–H groups in total. The second kappa shape index (κ2) is 7.50. The van der Waals surface area contributed by atoms with E-state index in [1.165, 1.54) is 23.8 Å². The average molecular weight is 296 g/mol. The van der Waals surface area contributed by atoms with Crippen molar-refractivity contribution in [2.45, 2.75) is 52.9 Å². The van der Waals surface area contributed by atoms with Gasteiger partial charge in [0.05, 0.1) is 5.69 Å². The molecular formula is C15H28N4S. The van der Waals surface area contributed by atoms with Crippen molar-refractivity contribution in [2.75, 3.05) is 26.2 Å². The lowest BCUT2D eigenvalue weighted by Crippen LogP contribution is -2.48. The van der Waals surface area contributed by atoms with Crippen molar-refractivity contribution < 1.29 is 0 Å². The van der Waals surface area contributed by atoms with Gasteiger partial charge in [-0.05, 0) is 13.8 Å². The minimum atomic E-state index is 0.520. The third kappa shape index (κ3) is 4.81. The molecule has 2 heterocycles. The molecule has 20 heavy (non-hydrogen) atoms. The van der Waals surface area contributed by atoms with Gasteiger partial charge >= 0.3 is 0 Å². The van der Waals surface area contributed by atoms with E-state index in [0.717, 1.165) is 26.2 Å². The van der Waals surface area contributed by atoms with E-state index in [4.69, 9.17) is 4.98 Å². The van der Waals surface area contributed by atoms with Crippen molar-refractivity contribution in [3.8, 4) is 0 Å². The zero-order valence-corrected chi connectivity index (χ0v) is 14.0. The van der Waals surface area contributed by atoms with Gasteiger partial charge in [-0.2, -0.15) is 0 Å². The normalized spacial score (nSPS) is 18.3. The van der Waals surface area contributed by atoms with Crippen molar-refractivity contribution in [3.05, 3.63) is 16.1 Å². The topological polar surface area (TPSA) is 31.4 Å². The summed E-state index contributed by atoms with van der Waals surface area (Å²) < 4.78 is 0. The predicted octanol–water partition coefficient (Wildman–Crippen LogP) is 2.17. The Morgan fingerprint density at radius 2 is 1.90 bits per heavy atom. The minimum absolute atomic E-state index is 0.520. The number of rotatable bonds is 6. The van der Waals surface area contributed by atoms with E-state index in [2.05, 4.69) is 48.2 Å². The van der Waals surface area contributed by atoms with Gasteiger partial charge in [-0.25, -0.2) is 4.98 Å². The van der Waals surface area contributed by atoms with Crippen molar-refractivity contribution in [1.82, 2.24) is 20.1 Å². The first-order valence-corrected chi connectivity index (χ1v) is 8.55. The van der Waals surface area contributed by atoms with Gasteiger partial charge in [-0.1, -0.05) is 13.8 Å². The van der Waals surface area contributed by atoms with Crippen LogP contribution < -0.4 is 5.32 Å². The van der Waals surface area contributed by atoms with Crippen molar-refractivity contribution >= 4 is 11.3 Å². The van der Waals surface area contributed by atoms with E-state index in [9.17, 15) is 0 Å². The first kappa shape index (κ1) is 15.9. The van der Waals surface area contributed by atoms with Gasteiger partial charge in [0.2, 0.25) is 0 Å². The quantitative estimate of drug-likeness (QED) is 0.872. The number of nitrogens with one attached hydrogen (secondary N) is 1. The van der Waals surface area contributed by atoms with Gasteiger partial charge in [0, 0.05) is 56.7 Å². The molecule has 0 aliphatic carbocycles. The van der Waals surface area contributed by atoms with Gasteiger partial charge in [-0.15, -0.1) is 11.3 Å². The van der Waals surface area contributed by atoms with Crippen LogP contribution >= 0.6 is 11.3 Å². The first-order chi connectivity index (χ1) is 9.54. The van der Waals surface area contributed by atoms with Crippen LogP contribution in [-0.2, 0) is 13.1 Å². The summed E-state index contributed by atoms with van der Waals surface area (Å²) in [6.07, 6.45) is 0. The van der Waals surface area contributed by atoms with Crippen molar-refractivity contribution in [1.29, 1.82) is 0 Å². The molecule has 0 radical (unpaired) electrons. The second-order valence-electron chi connectivity index (χ2n) is 6.17. The highest BCUT2D eigenvalue weighted by atomic mass is 32.1. The molecule has 2 rings (SSSR count). The molecule has 1 saturated heterocycles. The molecule has 0 bridgehead atoms. The molecule has 1 aliphatic rings. The van der Waals surface area contributed by atoms with E-state index in [-0.39, 0.29) is 0 Å². The summed E-state index contributed by atoms with van der Waals surface area (Å²) in [6.45, 7) is 15.5. The molecule has 5 heteroatoms. The maximum atomic E-state index is 4.73. The summed E-state index contributed by atoms with van der Waals surface area (Å²) >= 11 is 1.77. The summed E-state index contributed by atoms with van der Waals surface area (Å²) in [6, 6.07) is 1.19. The molecule has 0 unspecified atom stereocenters. The molecule has 1 aromatic rings. The molecule has 1 aromatic heterocycles. The van der Waals surface area contributed by atoms with Gasteiger partial charge in [0.1, 0.15) is 5.01 Å². The van der Waals surface area contributed by atoms with Crippen molar-refractivity contribution in [3.63, 3.8) is 0 Å². The minimum Gasteiger partial charge on any atom is -0.308 e. The van der Waals surface area contributed by atoms with Crippen LogP contribution in [0.5, 0.6) is 0 Å². The largest absolute Gasteiger partial charge is 0.308 e. The SMILES string of the molecule is CC(C)NCc1nc(CN2CCN(C(C)C)CC2)cs1. The molecule has 4 nitrogen and oxygen atoms in total. The first-order valence-electron chi connectivity index (χ1n) is 7.67. The van der Waals surface area contributed by atoms with E-state index in [1.807, 2.05) is 0 Å². The Morgan fingerprint density at radius 3 is 2.50 bits per heavy atom. The fourth-order valence-corrected chi connectivity index (χ4v) is 3.20. The molecule has 114 valence electrons. The van der Waals surface area contributed by atoms with Gasteiger partial charge in [0.15, 0.2) is 0 Å². The van der Waals surface area contributed by atoms with Crippen LogP contribution in [0.1, 0.15) is 38.4 Å². The number of aromatic nitrogens is 1. The number of nitrogens with zero attached hydrogens (tertiary/aromatic N) is 3. The lowest BCUT2D eigenvalue weighted by atomic mass is 10.2. The number of hydrogen-bond acceptors (Lipinski definition) is 5. The zero-order chi connectivity index (χ0) is 14.5. The van der Waals surface area contributed by atoms with Crippen LogP contribution in [0.4, 0.5) is 0 Å². The summed E-state index contributed by atoms with van der Waals surface area (Å²) in [7, 11) is 0. The van der Waals surface area contributed by atoms with Crippen LogP contribution in [0.3, 0.4) is 0 Å². The average Bonchev–Trinajstić information content (AvgIpc) is 2.84. The van der Waals surface area contributed by atoms with Crippen LogP contribution in [-0.4, -0.2) is 53.0 Å². The fourth-order valence-electron chi connectivity index (χ4n) is 2.46. The Kier molecular flexibility index (Phi) is 5.96. The van der Waals surface area contributed by atoms with Gasteiger partial charge in [0.25, 0.3) is 0 Å². The molecule has 0 atom stereocenters. The fraction of sp³-hybridized carbons (Fsp3) is 0.800. The highest BCUT2D eigenvalue weighted by Crippen LogP contribution is 2.14.